The quantitative estimate of drug-likeness (QED) is 0.643. The van der Waals surface area contributed by atoms with E-state index >= 15 is 0 Å². The van der Waals surface area contributed by atoms with E-state index in [0.717, 1.165) is 25.7 Å². The second kappa shape index (κ2) is 7.92. The predicted molar refractivity (Wildman–Crippen MR) is 86.8 cm³/mol. The van der Waals surface area contributed by atoms with Crippen LogP contribution in [0.25, 0.3) is 0 Å². The van der Waals surface area contributed by atoms with Crippen LogP contribution in [0.2, 0.25) is 0 Å². The van der Waals surface area contributed by atoms with E-state index in [1.54, 1.807) is 11.8 Å². The van der Waals surface area contributed by atoms with Crippen LogP contribution in [0.15, 0.2) is 0 Å². The average Bonchev–Trinajstić information content (AvgIpc) is 2.97. The van der Waals surface area contributed by atoms with Crippen LogP contribution in [0.4, 0.5) is 4.79 Å². The van der Waals surface area contributed by atoms with Gasteiger partial charge in [0.05, 0.1) is 5.41 Å². The highest BCUT2D eigenvalue weighted by molar-refractivity contribution is 8.00. The second-order valence-electron chi connectivity index (χ2n) is 5.92. The van der Waals surface area contributed by atoms with Crippen LogP contribution < -0.4 is 10.6 Å². The van der Waals surface area contributed by atoms with Crippen LogP contribution in [0.5, 0.6) is 0 Å². The fourth-order valence-corrected chi connectivity index (χ4v) is 3.73. The molecule has 0 bridgehead atoms. The summed E-state index contributed by atoms with van der Waals surface area (Å²) in [5.41, 5.74) is -0.760. The molecule has 0 aromatic heterocycles. The Labute approximate surface area is 131 Å². The molecule has 1 aliphatic rings. The maximum absolute atomic E-state index is 11.9. The monoisotopic (exact) mass is 316 g/mol. The molecule has 5 nitrogen and oxygen atoms in total. The zero-order valence-corrected chi connectivity index (χ0v) is 14.1. The van der Waals surface area contributed by atoms with E-state index in [0.29, 0.717) is 19.4 Å². The van der Waals surface area contributed by atoms with Crippen molar-refractivity contribution < 1.29 is 14.7 Å². The van der Waals surface area contributed by atoms with E-state index in [1.807, 2.05) is 0 Å². The molecule has 2 amide bonds. The summed E-state index contributed by atoms with van der Waals surface area (Å²) in [6.07, 6.45) is 7.20. The first-order valence-corrected chi connectivity index (χ1v) is 8.96. The summed E-state index contributed by atoms with van der Waals surface area (Å²) in [5, 5.41) is 15.0. The lowest BCUT2D eigenvalue weighted by Crippen LogP contribution is -2.48. The van der Waals surface area contributed by atoms with Crippen molar-refractivity contribution in [3.05, 3.63) is 0 Å². The van der Waals surface area contributed by atoms with Gasteiger partial charge in [0.1, 0.15) is 0 Å². The number of carbonyl (C=O) groups excluding carboxylic acids is 1. The molecule has 1 fully saturated rings. The molecule has 6 heteroatoms. The Morgan fingerprint density at radius 2 is 1.76 bits per heavy atom. The van der Waals surface area contributed by atoms with Gasteiger partial charge in [0.25, 0.3) is 0 Å². The van der Waals surface area contributed by atoms with Gasteiger partial charge >= 0.3 is 12.0 Å². The van der Waals surface area contributed by atoms with Crippen molar-refractivity contribution in [2.45, 2.75) is 57.1 Å². The molecular formula is C15H28N2O3S. The zero-order chi connectivity index (χ0) is 15.9. The third-order valence-electron chi connectivity index (χ3n) is 4.89. The van der Waals surface area contributed by atoms with Gasteiger partial charge in [0, 0.05) is 17.8 Å². The first kappa shape index (κ1) is 18.1. The highest BCUT2D eigenvalue weighted by Gasteiger charge is 2.41. The third-order valence-corrected chi connectivity index (χ3v) is 6.48. The van der Waals surface area contributed by atoms with Gasteiger partial charge in [0.2, 0.25) is 0 Å². The standard InChI is InChI=1S/C15H28N2O3S/c1-4-15(5-2,21-3)11-17-13(20)16-10-14(12(18)19)8-6-7-9-14/h4-11H2,1-3H3,(H,18,19)(H2,16,17,20). The fourth-order valence-electron chi connectivity index (χ4n) is 2.93. The number of carbonyl (C=O) groups is 2. The van der Waals surface area contributed by atoms with Crippen LogP contribution in [0, 0.1) is 5.41 Å². The van der Waals surface area contributed by atoms with Gasteiger partial charge in [-0.15, -0.1) is 0 Å². The number of aliphatic carboxylic acids is 1. The maximum Gasteiger partial charge on any atom is 0.314 e. The molecule has 0 aliphatic heterocycles. The lowest BCUT2D eigenvalue weighted by molar-refractivity contribution is -0.148. The third kappa shape index (κ3) is 4.53. The van der Waals surface area contributed by atoms with Gasteiger partial charge in [-0.1, -0.05) is 26.7 Å². The van der Waals surface area contributed by atoms with Crippen LogP contribution in [0.1, 0.15) is 52.4 Å². The van der Waals surface area contributed by atoms with Crippen molar-refractivity contribution in [1.29, 1.82) is 0 Å². The van der Waals surface area contributed by atoms with Crippen LogP contribution in [0.3, 0.4) is 0 Å². The molecule has 1 saturated carbocycles. The largest absolute Gasteiger partial charge is 0.481 e. The smallest absolute Gasteiger partial charge is 0.314 e. The molecule has 0 heterocycles. The molecule has 3 N–H and O–H groups in total. The summed E-state index contributed by atoms with van der Waals surface area (Å²) >= 11 is 1.77. The van der Waals surface area contributed by atoms with Gasteiger partial charge in [0.15, 0.2) is 0 Å². The van der Waals surface area contributed by atoms with E-state index < -0.39 is 11.4 Å². The summed E-state index contributed by atoms with van der Waals surface area (Å²) in [7, 11) is 0. The Hall–Kier alpha value is -0.910. The number of hydrogen-bond acceptors (Lipinski definition) is 3. The Morgan fingerprint density at radius 3 is 2.19 bits per heavy atom. The number of urea groups is 1. The second-order valence-corrected chi connectivity index (χ2v) is 7.20. The molecule has 0 unspecified atom stereocenters. The normalized spacial score (nSPS) is 17.5. The molecule has 0 radical (unpaired) electrons. The topological polar surface area (TPSA) is 78.4 Å². The molecule has 0 spiro atoms. The van der Waals surface area contributed by atoms with Gasteiger partial charge in [-0.25, -0.2) is 4.79 Å². The molecule has 1 aliphatic carbocycles. The van der Waals surface area contributed by atoms with Crippen molar-refractivity contribution in [1.82, 2.24) is 10.6 Å². The van der Waals surface area contributed by atoms with E-state index in [2.05, 4.69) is 30.7 Å². The van der Waals surface area contributed by atoms with Crippen LogP contribution in [-0.2, 0) is 4.79 Å². The molecule has 0 aromatic rings. The minimum atomic E-state index is -0.791. The number of nitrogens with one attached hydrogen (secondary N) is 2. The van der Waals surface area contributed by atoms with Crippen LogP contribution >= 0.6 is 11.8 Å². The summed E-state index contributed by atoms with van der Waals surface area (Å²) in [6, 6.07) is -0.261. The molecule has 0 aromatic carbocycles. The molecule has 1 rings (SSSR count). The minimum Gasteiger partial charge on any atom is -0.481 e. The summed E-state index contributed by atoms with van der Waals surface area (Å²) in [5.74, 6) is -0.791. The molecule has 122 valence electrons. The maximum atomic E-state index is 11.9. The van der Waals surface area contributed by atoms with Gasteiger partial charge < -0.3 is 15.7 Å². The van der Waals surface area contributed by atoms with Crippen molar-refractivity contribution in [2.75, 3.05) is 19.3 Å². The predicted octanol–water partition coefficient (Wildman–Crippen LogP) is 2.85. The Balaban J connectivity index is 2.45. The SMILES string of the molecule is CCC(CC)(CNC(=O)NCC1(C(=O)O)CCCC1)SC. The number of carboxylic acids is 1. The van der Waals surface area contributed by atoms with Gasteiger partial charge in [-0.3, -0.25) is 4.79 Å². The van der Waals surface area contributed by atoms with E-state index in [-0.39, 0.29) is 17.3 Å². The van der Waals surface area contributed by atoms with Crippen molar-refractivity contribution in [3.63, 3.8) is 0 Å². The zero-order valence-electron chi connectivity index (χ0n) is 13.3. The van der Waals surface area contributed by atoms with E-state index in [4.69, 9.17) is 0 Å². The molecule has 0 atom stereocenters. The molecular weight excluding hydrogens is 288 g/mol. The lowest BCUT2D eigenvalue weighted by Gasteiger charge is -2.30. The summed E-state index contributed by atoms with van der Waals surface area (Å²) in [4.78, 5) is 23.4. The number of hydrogen-bond donors (Lipinski definition) is 3. The Morgan fingerprint density at radius 1 is 1.19 bits per heavy atom. The van der Waals surface area contributed by atoms with Crippen molar-refractivity contribution >= 4 is 23.8 Å². The average molecular weight is 316 g/mol. The summed E-state index contributed by atoms with van der Waals surface area (Å²) in [6.45, 7) is 5.07. The van der Waals surface area contributed by atoms with E-state index in [1.165, 1.54) is 0 Å². The number of rotatable bonds is 8. The number of amides is 2. The van der Waals surface area contributed by atoms with Gasteiger partial charge in [-0.05, 0) is 31.9 Å². The molecule has 21 heavy (non-hydrogen) atoms. The summed E-state index contributed by atoms with van der Waals surface area (Å²) < 4.78 is 0.0647. The fraction of sp³-hybridized carbons (Fsp3) is 0.867. The minimum absolute atomic E-state index is 0.0647. The molecule has 0 saturated heterocycles. The highest BCUT2D eigenvalue weighted by atomic mass is 32.2. The van der Waals surface area contributed by atoms with Gasteiger partial charge in [-0.2, -0.15) is 11.8 Å². The first-order chi connectivity index (χ1) is 9.93. The lowest BCUT2D eigenvalue weighted by atomic mass is 9.86. The Bertz CT molecular complexity index is 356. The van der Waals surface area contributed by atoms with Crippen molar-refractivity contribution in [3.8, 4) is 0 Å². The Kier molecular flexibility index (Phi) is 6.84. The number of carboxylic acid groups (broad SMARTS) is 1. The van der Waals surface area contributed by atoms with E-state index in [9.17, 15) is 14.7 Å². The van der Waals surface area contributed by atoms with Crippen LogP contribution in [-0.4, -0.2) is 41.2 Å². The highest BCUT2D eigenvalue weighted by Crippen LogP contribution is 2.37. The number of thioether (sulfide) groups is 1. The first-order valence-electron chi connectivity index (χ1n) is 7.74. The van der Waals surface area contributed by atoms with Crippen molar-refractivity contribution in [2.24, 2.45) is 5.41 Å².